The molecule has 0 bridgehead atoms. The first-order valence-corrected chi connectivity index (χ1v) is 23.1. The van der Waals surface area contributed by atoms with Crippen LogP contribution in [0.1, 0.15) is 155 Å². The van der Waals surface area contributed by atoms with Gasteiger partial charge in [0, 0.05) is 31.1 Å². The number of carbonyl (C=O) groups is 3. The number of aliphatic hydroxyl groups excluding tert-OH is 2. The molecule has 1 rings (SSSR count). The molecule has 13 heteroatoms. The zero-order valence-electron chi connectivity index (χ0n) is 35.5. The number of aliphatic hydroxyl groups is 2. The van der Waals surface area contributed by atoms with Crippen LogP contribution in [0.5, 0.6) is 0 Å². The van der Waals surface area contributed by atoms with Crippen molar-refractivity contribution in [3.63, 3.8) is 0 Å². The Bertz CT molecular complexity index is 1170. The van der Waals surface area contributed by atoms with Gasteiger partial charge in [0.2, 0.25) is 0 Å². The van der Waals surface area contributed by atoms with Crippen LogP contribution in [0.3, 0.4) is 0 Å². The topological polar surface area (TPSA) is 169 Å². The molecule has 0 saturated heterocycles. The van der Waals surface area contributed by atoms with Gasteiger partial charge in [0.05, 0.1) is 40.0 Å². The van der Waals surface area contributed by atoms with E-state index in [0.717, 1.165) is 38.5 Å². The van der Waals surface area contributed by atoms with Crippen LogP contribution in [0.2, 0.25) is 0 Å². The summed E-state index contributed by atoms with van der Waals surface area (Å²) >= 11 is 0. The lowest BCUT2D eigenvalue weighted by atomic mass is 9.90. The lowest BCUT2D eigenvalue weighted by molar-refractivity contribution is -0.870. The molecule has 0 heterocycles. The molecular formula is C43H78NO11P. The average Bonchev–Trinajstić information content (AvgIpc) is 3.40. The molecule has 1 saturated carbocycles. The molecule has 0 aromatic rings. The summed E-state index contributed by atoms with van der Waals surface area (Å²) in [5.41, 5.74) is 0. The second-order valence-corrected chi connectivity index (χ2v) is 17.9. The van der Waals surface area contributed by atoms with E-state index in [0.29, 0.717) is 43.1 Å². The van der Waals surface area contributed by atoms with Crippen molar-refractivity contribution in [1.82, 2.24) is 0 Å². The number of ether oxygens (including phenoxy) is 2. The lowest BCUT2D eigenvalue weighted by Crippen LogP contribution is -2.37. The quantitative estimate of drug-likeness (QED) is 0.0210. The Labute approximate surface area is 339 Å². The summed E-state index contributed by atoms with van der Waals surface area (Å²) in [6, 6.07) is 0. The van der Waals surface area contributed by atoms with Crippen LogP contribution in [0.25, 0.3) is 0 Å². The smallest absolute Gasteiger partial charge is 0.306 e. The van der Waals surface area contributed by atoms with Crippen molar-refractivity contribution >= 4 is 25.5 Å². The third-order valence-electron chi connectivity index (χ3n) is 10.1. The Morgan fingerprint density at radius 1 is 0.839 bits per heavy atom. The SMILES string of the molecule is CCCCCCCCCCCCCCC(=O)O[C@H](COC(=O)CCC/C=C\C[C@H]1C(=O)C[C@@H](O)[C@@H]1/C=C/[C@@H](O)CCCCC)COP(=O)([O-])OCC[N+](C)(C)C. The highest BCUT2D eigenvalue weighted by atomic mass is 31.2. The van der Waals surface area contributed by atoms with Gasteiger partial charge in [-0.15, -0.1) is 0 Å². The van der Waals surface area contributed by atoms with Crippen molar-refractivity contribution in [3.8, 4) is 0 Å². The van der Waals surface area contributed by atoms with Gasteiger partial charge in [-0.1, -0.05) is 128 Å². The predicted octanol–water partition coefficient (Wildman–Crippen LogP) is 7.92. The van der Waals surface area contributed by atoms with Crippen molar-refractivity contribution in [2.75, 3.05) is 47.5 Å². The number of nitrogens with zero attached hydrogens (tertiary/aromatic N) is 1. The van der Waals surface area contributed by atoms with Gasteiger partial charge in [0.15, 0.2) is 6.10 Å². The fourth-order valence-corrected chi connectivity index (χ4v) is 7.30. The van der Waals surface area contributed by atoms with Gasteiger partial charge in [-0.3, -0.25) is 18.9 Å². The number of hydrogen-bond donors (Lipinski definition) is 2. The highest BCUT2D eigenvalue weighted by molar-refractivity contribution is 7.45. The molecule has 0 amide bonds. The number of Topliss-reactive ketones (excluding diaryl/α,β-unsaturated/α-hetero) is 1. The maximum absolute atomic E-state index is 12.7. The molecule has 0 spiro atoms. The Morgan fingerprint density at radius 3 is 2.05 bits per heavy atom. The van der Waals surface area contributed by atoms with Crippen LogP contribution in [-0.2, 0) is 37.5 Å². The number of ketones is 1. The first-order valence-electron chi connectivity index (χ1n) is 21.6. The molecule has 6 atom stereocenters. The molecule has 0 aromatic heterocycles. The minimum absolute atomic E-state index is 0.00164. The third-order valence-corrected chi connectivity index (χ3v) is 11.1. The summed E-state index contributed by atoms with van der Waals surface area (Å²) in [6.45, 7) is 3.80. The van der Waals surface area contributed by atoms with Crippen LogP contribution in [0, 0.1) is 11.8 Å². The molecule has 0 aromatic carbocycles. The molecule has 1 aliphatic carbocycles. The predicted molar refractivity (Wildman–Crippen MR) is 218 cm³/mol. The number of esters is 2. The fourth-order valence-electron chi connectivity index (χ4n) is 6.58. The lowest BCUT2D eigenvalue weighted by Gasteiger charge is -2.28. The van der Waals surface area contributed by atoms with Crippen LogP contribution >= 0.6 is 7.82 Å². The van der Waals surface area contributed by atoms with Gasteiger partial charge in [-0.05, 0) is 32.1 Å². The van der Waals surface area contributed by atoms with Crippen LogP contribution in [-0.4, -0.2) is 98.2 Å². The van der Waals surface area contributed by atoms with Crippen molar-refractivity contribution in [2.24, 2.45) is 11.8 Å². The van der Waals surface area contributed by atoms with Gasteiger partial charge in [-0.2, -0.15) is 0 Å². The number of likely N-dealkylation sites (N-methyl/N-ethyl adjacent to an activating group) is 1. The first-order chi connectivity index (χ1) is 26.7. The molecule has 326 valence electrons. The number of allylic oxidation sites excluding steroid dienone is 2. The molecular weight excluding hydrogens is 737 g/mol. The molecule has 1 unspecified atom stereocenters. The molecule has 12 nitrogen and oxygen atoms in total. The van der Waals surface area contributed by atoms with E-state index in [1.165, 1.54) is 51.4 Å². The monoisotopic (exact) mass is 816 g/mol. The van der Waals surface area contributed by atoms with Crippen molar-refractivity contribution in [2.45, 2.75) is 173 Å². The Kier molecular flexibility index (Phi) is 28.9. The molecule has 56 heavy (non-hydrogen) atoms. The second kappa shape index (κ2) is 31.1. The van der Waals surface area contributed by atoms with E-state index in [1.54, 1.807) is 12.2 Å². The van der Waals surface area contributed by atoms with Gasteiger partial charge in [-0.25, -0.2) is 0 Å². The molecule has 2 N–H and O–H groups in total. The van der Waals surface area contributed by atoms with E-state index < -0.39 is 44.7 Å². The third kappa shape index (κ3) is 27.7. The van der Waals surface area contributed by atoms with E-state index >= 15 is 0 Å². The van der Waals surface area contributed by atoms with E-state index in [4.69, 9.17) is 18.5 Å². The zero-order chi connectivity index (χ0) is 41.7. The van der Waals surface area contributed by atoms with E-state index in [1.807, 2.05) is 33.3 Å². The number of rotatable bonds is 35. The van der Waals surface area contributed by atoms with Gasteiger partial charge >= 0.3 is 11.9 Å². The summed E-state index contributed by atoms with van der Waals surface area (Å²) in [7, 11) is 1.02. The van der Waals surface area contributed by atoms with E-state index in [2.05, 4.69) is 13.8 Å². The normalized spacial score (nSPS) is 19.8. The number of unbranched alkanes of at least 4 members (excludes halogenated alkanes) is 14. The minimum Gasteiger partial charge on any atom is -0.756 e. The summed E-state index contributed by atoms with van der Waals surface area (Å²) in [5.74, 6) is -1.74. The van der Waals surface area contributed by atoms with Crippen molar-refractivity contribution in [1.29, 1.82) is 0 Å². The van der Waals surface area contributed by atoms with Gasteiger partial charge in [0.25, 0.3) is 7.82 Å². The van der Waals surface area contributed by atoms with Gasteiger partial charge in [0.1, 0.15) is 25.5 Å². The van der Waals surface area contributed by atoms with E-state index in [9.17, 15) is 34.1 Å². The van der Waals surface area contributed by atoms with Gasteiger partial charge < -0.3 is 38.1 Å². The Hall–Kier alpha value is -1.92. The largest absolute Gasteiger partial charge is 0.756 e. The first kappa shape index (κ1) is 52.1. The summed E-state index contributed by atoms with van der Waals surface area (Å²) in [4.78, 5) is 50.2. The number of carbonyl (C=O) groups excluding carboxylic acids is 3. The number of phosphoric ester groups is 1. The number of quaternary nitrogens is 1. The second-order valence-electron chi connectivity index (χ2n) is 16.5. The molecule has 0 radical (unpaired) electrons. The van der Waals surface area contributed by atoms with Crippen LogP contribution in [0.4, 0.5) is 0 Å². The van der Waals surface area contributed by atoms with Crippen molar-refractivity contribution < 1.29 is 57.1 Å². The number of hydrogen-bond acceptors (Lipinski definition) is 11. The standard InChI is InChI=1S/C43H78NO11P/c1-6-8-10-11-12-13-14-15-16-17-18-24-28-43(49)55-37(35-54-56(50,51)53-32-31-44(3,4)5)34-52-42(48)27-23-20-19-22-26-38-39(41(47)33-40(38)46)30-29-36(45)25-21-9-7-2/h19,22,29-30,36-39,41,45,47H,6-18,20-21,23-28,31-35H2,1-5H3/b22-19-,30-29+/t36-,37+,38+,39+,41+/m0/s1. The Balaban J connectivity index is 2.52. The summed E-state index contributed by atoms with van der Waals surface area (Å²) in [6.07, 6.45) is 24.3. The van der Waals surface area contributed by atoms with Crippen LogP contribution < -0.4 is 4.89 Å². The Morgan fingerprint density at radius 2 is 1.43 bits per heavy atom. The molecule has 1 aliphatic rings. The number of phosphoric acid groups is 1. The molecule has 0 aliphatic heterocycles. The summed E-state index contributed by atoms with van der Waals surface area (Å²) in [5, 5.41) is 20.7. The maximum Gasteiger partial charge on any atom is 0.306 e. The van der Waals surface area contributed by atoms with E-state index in [-0.39, 0.29) is 50.1 Å². The molecule has 1 fully saturated rings. The maximum atomic E-state index is 12.7. The highest BCUT2D eigenvalue weighted by Crippen LogP contribution is 2.38. The fraction of sp³-hybridized carbons (Fsp3) is 0.837. The van der Waals surface area contributed by atoms with Crippen molar-refractivity contribution in [3.05, 3.63) is 24.3 Å². The zero-order valence-corrected chi connectivity index (χ0v) is 36.4. The minimum atomic E-state index is -4.68. The van der Waals surface area contributed by atoms with Crippen LogP contribution in [0.15, 0.2) is 24.3 Å². The average molecular weight is 816 g/mol. The highest BCUT2D eigenvalue weighted by Gasteiger charge is 2.39. The summed E-state index contributed by atoms with van der Waals surface area (Å²) < 4.78 is 33.8.